The fourth-order valence-electron chi connectivity index (χ4n) is 4.94. The minimum absolute atomic E-state index is 0.593. The standard InChI is InChI=1S/C31H34N2Si/c1-21(2)20-33-30-10-8-7-9-26(30)27-18-24(13-16-31(27)33)29-17-22(3)28(19-32-29)23-11-14-25(15-12-23)34(4,5)6/h7-19,21H,20H2,1-6H3. The van der Waals surface area contributed by atoms with Gasteiger partial charge in [0.05, 0.1) is 13.8 Å². The molecule has 0 unspecified atom stereocenters. The van der Waals surface area contributed by atoms with Crippen LogP contribution in [0.25, 0.3) is 44.2 Å². The van der Waals surface area contributed by atoms with E-state index in [1.807, 2.05) is 6.20 Å². The molecule has 0 fully saturated rings. The molecule has 172 valence electrons. The molecule has 0 spiro atoms. The first-order valence-electron chi connectivity index (χ1n) is 12.3. The number of aromatic nitrogens is 2. The number of para-hydroxylation sites is 1. The smallest absolute Gasteiger partial charge is 0.0775 e. The van der Waals surface area contributed by atoms with Crippen molar-refractivity contribution in [1.29, 1.82) is 0 Å². The molecule has 5 rings (SSSR count). The summed E-state index contributed by atoms with van der Waals surface area (Å²) in [4.78, 5) is 4.90. The fourth-order valence-corrected chi connectivity index (χ4v) is 6.11. The molecule has 0 atom stereocenters. The first-order chi connectivity index (χ1) is 16.2. The van der Waals surface area contributed by atoms with Crippen molar-refractivity contribution in [3.05, 3.63) is 84.6 Å². The molecule has 0 saturated carbocycles. The van der Waals surface area contributed by atoms with E-state index in [9.17, 15) is 0 Å². The summed E-state index contributed by atoms with van der Waals surface area (Å²) in [5, 5.41) is 4.11. The van der Waals surface area contributed by atoms with E-state index in [1.165, 1.54) is 49.2 Å². The van der Waals surface area contributed by atoms with Crippen molar-refractivity contribution in [2.45, 2.75) is 47.0 Å². The van der Waals surface area contributed by atoms with Crippen LogP contribution in [0.1, 0.15) is 19.4 Å². The fraction of sp³-hybridized carbons (Fsp3) is 0.258. The monoisotopic (exact) mass is 462 g/mol. The van der Waals surface area contributed by atoms with E-state index in [0.717, 1.165) is 12.2 Å². The predicted molar refractivity (Wildman–Crippen MR) is 151 cm³/mol. The van der Waals surface area contributed by atoms with Gasteiger partial charge in [-0.25, -0.2) is 0 Å². The predicted octanol–water partition coefficient (Wildman–Crippen LogP) is 8.03. The van der Waals surface area contributed by atoms with Crippen LogP contribution in [0, 0.1) is 12.8 Å². The van der Waals surface area contributed by atoms with Gasteiger partial charge in [0.2, 0.25) is 0 Å². The van der Waals surface area contributed by atoms with Crippen LogP contribution in [0.2, 0.25) is 19.6 Å². The molecule has 0 radical (unpaired) electrons. The lowest BCUT2D eigenvalue weighted by atomic mass is 10.00. The summed E-state index contributed by atoms with van der Waals surface area (Å²) < 4.78 is 2.46. The normalized spacial score (nSPS) is 12.2. The summed E-state index contributed by atoms with van der Waals surface area (Å²) in [5.74, 6) is 0.593. The summed E-state index contributed by atoms with van der Waals surface area (Å²) in [7, 11) is -1.29. The Balaban J connectivity index is 1.55. The summed E-state index contributed by atoms with van der Waals surface area (Å²) in [6.07, 6.45) is 2.04. The second kappa shape index (κ2) is 8.55. The zero-order valence-electron chi connectivity index (χ0n) is 21.2. The third kappa shape index (κ3) is 4.10. The lowest BCUT2D eigenvalue weighted by Crippen LogP contribution is -2.37. The van der Waals surface area contributed by atoms with Gasteiger partial charge in [0.25, 0.3) is 0 Å². The Hall–Kier alpha value is -3.17. The van der Waals surface area contributed by atoms with Crippen molar-refractivity contribution < 1.29 is 0 Å². The molecular weight excluding hydrogens is 428 g/mol. The average molecular weight is 463 g/mol. The highest BCUT2D eigenvalue weighted by atomic mass is 28.3. The molecule has 0 bridgehead atoms. The zero-order chi connectivity index (χ0) is 24.0. The Kier molecular flexibility index (Phi) is 5.69. The number of fused-ring (bicyclic) bond motifs is 3. The van der Waals surface area contributed by atoms with Gasteiger partial charge in [-0.1, -0.05) is 87.2 Å². The summed E-state index contributed by atoms with van der Waals surface area (Å²) in [6, 6.07) is 26.9. The number of benzene rings is 3. The van der Waals surface area contributed by atoms with E-state index < -0.39 is 8.07 Å². The molecule has 0 aliphatic carbocycles. The zero-order valence-corrected chi connectivity index (χ0v) is 22.2. The second-order valence-corrected chi connectivity index (χ2v) is 16.0. The average Bonchev–Trinajstić information content (AvgIpc) is 3.11. The van der Waals surface area contributed by atoms with Crippen molar-refractivity contribution in [2.24, 2.45) is 5.92 Å². The minimum Gasteiger partial charge on any atom is -0.340 e. The molecule has 2 aromatic heterocycles. The molecule has 0 aliphatic heterocycles. The van der Waals surface area contributed by atoms with Gasteiger partial charge in [-0.2, -0.15) is 0 Å². The summed E-state index contributed by atoms with van der Waals surface area (Å²) in [6.45, 7) is 14.9. The number of pyridine rings is 1. The minimum atomic E-state index is -1.29. The maximum atomic E-state index is 4.90. The van der Waals surface area contributed by atoms with Crippen molar-refractivity contribution in [3.8, 4) is 22.4 Å². The second-order valence-electron chi connectivity index (χ2n) is 11.0. The van der Waals surface area contributed by atoms with E-state index in [0.29, 0.717) is 5.92 Å². The van der Waals surface area contributed by atoms with E-state index in [4.69, 9.17) is 4.98 Å². The SMILES string of the molecule is Cc1cc(-c2ccc3c(c2)c2ccccc2n3CC(C)C)ncc1-c1ccc([Si](C)(C)C)cc1. The Morgan fingerprint density at radius 2 is 1.47 bits per heavy atom. The Morgan fingerprint density at radius 3 is 2.15 bits per heavy atom. The van der Waals surface area contributed by atoms with E-state index in [-0.39, 0.29) is 0 Å². The maximum Gasteiger partial charge on any atom is 0.0775 e. The van der Waals surface area contributed by atoms with E-state index in [2.05, 4.69) is 118 Å². The highest BCUT2D eigenvalue weighted by Crippen LogP contribution is 2.34. The molecule has 0 N–H and O–H groups in total. The largest absolute Gasteiger partial charge is 0.340 e. The van der Waals surface area contributed by atoms with E-state index in [1.54, 1.807) is 0 Å². The molecule has 0 amide bonds. The van der Waals surface area contributed by atoms with Crippen LogP contribution in [-0.4, -0.2) is 17.6 Å². The van der Waals surface area contributed by atoms with Crippen molar-refractivity contribution in [1.82, 2.24) is 9.55 Å². The molecular formula is C31H34N2Si. The molecule has 0 aliphatic rings. The lowest BCUT2D eigenvalue weighted by molar-refractivity contribution is 0.545. The number of hydrogen-bond acceptors (Lipinski definition) is 1. The molecule has 0 saturated heterocycles. The highest BCUT2D eigenvalue weighted by Gasteiger charge is 2.17. The molecule has 3 aromatic carbocycles. The van der Waals surface area contributed by atoms with Gasteiger partial charge in [-0.3, -0.25) is 4.98 Å². The summed E-state index contributed by atoms with van der Waals surface area (Å²) in [5.41, 5.74) is 8.52. The van der Waals surface area contributed by atoms with E-state index >= 15 is 0 Å². The van der Waals surface area contributed by atoms with Crippen LogP contribution in [-0.2, 0) is 6.54 Å². The molecule has 3 heteroatoms. The van der Waals surface area contributed by atoms with Crippen LogP contribution in [0.3, 0.4) is 0 Å². The van der Waals surface area contributed by atoms with Crippen molar-refractivity contribution in [2.75, 3.05) is 0 Å². The van der Waals surface area contributed by atoms with Gasteiger partial charge in [0.15, 0.2) is 0 Å². The number of hydrogen-bond donors (Lipinski definition) is 0. The van der Waals surface area contributed by atoms with Crippen LogP contribution in [0.4, 0.5) is 0 Å². The third-order valence-electron chi connectivity index (χ3n) is 6.79. The number of aryl methyl sites for hydroxylation is 1. The third-order valence-corrected chi connectivity index (χ3v) is 8.85. The molecule has 2 heterocycles. The Labute approximate surface area is 204 Å². The van der Waals surface area contributed by atoms with Crippen molar-refractivity contribution in [3.63, 3.8) is 0 Å². The van der Waals surface area contributed by atoms with Crippen LogP contribution in [0.5, 0.6) is 0 Å². The number of rotatable bonds is 5. The van der Waals surface area contributed by atoms with Crippen molar-refractivity contribution >= 4 is 35.1 Å². The van der Waals surface area contributed by atoms with Gasteiger partial charge in [-0.05, 0) is 48.2 Å². The molecule has 2 nitrogen and oxygen atoms in total. The van der Waals surface area contributed by atoms with Gasteiger partial charge < -0.3 is 4.57 Å². The first-order valence-corrected chi connectivity index (χ1v) is 15.8. The number of nitrogens with zero attached hydrogens (tertiary/aromatic N) is 2. The molecule has 5 aromatic rings. The van der Waals surface area contributed by atoms with Gasteiger partial charge in [-0.15, -0.1) is 0 Å². The Morgan fingerprint density at radius 1 is 0.794 bits per heavy atom. The topological polar surface area (TPSA) is 17.8 Å². The van der Waals surface area contributed by atoms with Crippen LogP contribution in [0.15, 0.2) is 79.0 Å². The molecule has 34 heavy (non-hydrogen) atoms. The highest BCUT2D eigenvalue weighted by molar-refractivity contribution is 6.88. The van der Waals surface area contributed by atoms with Gasteiger partial charge in [0, 0.05) is 45.7 Å². The van der Waals surface area contributed by atoms with Crippen LogP contribution < -0.4 is 5.19 Å². The first kappa shape index (κ1) is 22.6. The maximum absolute atomic E-state index is 4.90. The quantitative estimate of drug-likeness (QED) is 0.242. The van der Waals surface area contributed by atoms with Gasteiger partial charge >= 0.3 is 0 Å². The lowest BCUT2D eigenvalue weighted by Gasteiger charge is -2.17. The van der Waals surface area contributed by atoms with Gasteiger partial charge in [0.1, 0.15) is 0 Å². The summed E-state index contributed by atoms with van der Waals surface area (Å²) >= 11 is 0. The Bertz CT molecular complexity index is 1480. The van der Waals surface area contributed by atoms with Crippen LogP contribution >= 0.6 is 0 Å².